The van der Waals surface area contributed by atoms with E-state index in [0.717, 1.165) is 36.2 Å². The molecule has 0 amide bonds. The van der Waals surface area contributed by atoms with Crippen molar-refractivity contribution in [1.82, 2.24) is 4.90 Å². The first-order chi connectivity index (χ1) is 10.0. The van der Waals surface area contributed by atoms with Crippen LogP contribution in [-0.2, 0) is 0 Å². The molecule has 0 atom stereocenters. The molecule has 21 heavy (non-hydrogen) atoms. The number of benzene rings is 1. The summed E-state index contributed by atoms with van der Waals surface area (Å²) < 4.78 is 5.98. The van der Waals surface area contributed by atoms with Crippen molar-refractivity contribution in [3.05, 3.63) is 36.1 Å². The second kappa shape index (κ2) is 5.85. The summed E-state index contributed by atoms with van der Waals surface area (Å²) in [5.74, 6) is 1.64. The number of ketones is 1. The highest BCUT2D eigenvalue weighted by Gasteiger charge is 2.25. The molecule has 0 N–H and O–H groups in total. The van der Waals surface area contributed by atoms with Gasteiger partial charge in [0, 0.05) is 22.4 Å². The Balaban J connectivity index is 1.68. The van der Waals surface area contributed by atoms with Gasteiger partial charge in [-0.05, 0) is 25.1 Å². The molecule has 0 aliphatic carbocycles. The smallest absolute Gasteiger partial charge is 0.211 e. The molecule has 1 aromatic carbocycles. The summed E-state index contributed by atoms with van der Waals surface area (Å²) in [6.45, 7) is 6.97. The van der Waals surface area contributed by atoms with Crippen molar-refractivity contribution < 1.29 is 9.21 Å². The van der Waals surface area contributed by atoms with Crippen LogP contribution in [0.4, 0.5) is 0 Å². The highest BCUT2D eigenvalue weighted by molar-refractivity contribution is 8.00. The van der Waals surface area contributed by atoms with Crippen LogP contribution in [0.5, 0.6) is 0 Å². The molecule has 0 saturated carbocycles. The second-order valence-corrected chi connectivity index (χ2v) is 8.01. The van der Waals surface area contributed by atoms with Gasteiger partial charge in [0.1, 0.15) is 5.58 Å². The Morgan fingerprint density at radius 1 is 1.33 bits per heavy atom. The number of nitrogens with zero attached hydrogens (tertiary/aromatic N) is 1. The molecule has 3 nitrogen and oxygen atoms in total. The molecule has 0 spiro atoms. The molecular formula is C17H21NO2S. The Hall–Kier alpha value is -1.26. The van der Waals surface area contributed by atoms with E-state index in [4.69, 9.17) is 4.42 Å². The van der Waals surface area contributed by atoms with E-state index in [1.54, 1.807) is 0 Å². The van der Waals surface area contributed by atoms with Gasteiger partial charge in [0.25, 0.3) is 0 Å². The van der Waals surface area contributed by atoms with Gasteiger partial charge in [-0.3, -0.25) is 9.69 Å². The summed E-state index contributed by atoms with van der Waals surface area (Å²) in [4.78, 5) is 14.7. The average molecular weight is 303 g/mol. The van der Waals surface area contributed by atoms with Crippen molar-refractivity contribution in [3.8, 4) is 0 Å². The summed E-state index contributed by atoms with van der Waals surface area (Å²) in [5, 5.41) is 0.994. The van der Waals surface area contributed by atoms with Crippen LogP contribution in [-0.4, -0.2) is 40.8 Å². The number of furan rings is 1. The van der Waals surface area contributed by atoms with Gasteiger partial charge in [-0.1, -0.05) is 32.0 Å². The van der Waals surface area contributed by atoms with E-state index in [0.29, 0.717) is 17.1 Å². The fourth-order valence-corrected chi connectivity index (χ4v) is 3.76. The maximum absolute atomic E-state index is 12.4. The molecule has 0 radical (unpaired) electrons. The van der Waals surface area contributed by atoms with Gasteiger partial charge < -0.3 is 4.42 Å². The van der Waals surface area contributed by atoms with E-state index in [9.17, 15) is 4.79 Å². The molecule has 1 aliphatic heterocycles. The van der Waals surface area contributed by atoms with E-state index in [1.165, 1.54) is 0 Å². The lowest BCUT2D eigenvalue weighted by Gasteiger charge is -2.21. The van der Waals surface area contributed by atoms with Crippen LogP contribution in [0.25, 0.3) is 11.0 Å². The number of rotatable bonds is 3. The summed E-state index contributed by atoms with van der Waals surface area (Å²) in [7, 11) is 0. The molecule has 112 valence electrons. The van der Waals surface area contributed by atoms with Crippen LogP contribution in [0.15, 0.2) is 34.7 Å². The highest BCUT2D eigenvalue weighted by Crippen LogP contribution is 2.30. The molecule has 2 heterocycles. The Labute approximate surface area is 129 Å². The third-order valence-corrected chi connectivity index (χ3v) is 5.37. The van der Waals surface area contributed by atoms with Crippen LogP contribution >= 0.6 is 11.8 Å². The highest BCUT2D eigenvalue weighted by atomic mass is 32.2. The monoisotopic (exact) mass is 303 g/mol. The maximum atomic E-state index is 12.4. The number of carbonyl (C=O) groups is 1. The lowest BCUT2D eigenvalue weighted by molar-refractivity contribution is 0.0908. The minimum Gasteiger partial charge on any atom is -0.453 e. The minimum absolute atomic E-state index is 0.0795. The number of thioether (sulfide) groups is 1. The Bertz CT molecular complexity index is 614. The zero-order chi connectivity index (χ0) is 14.9. The maximum Gasteiger partial charge on any atom is 0.211 e. The molecule has 1 aliphatic rings. The van der Waals surface area contributed by atoms with E-state index in [2.05, 4.69) is 18.7 Å². The molecule has 1 fully saturated rings. The number of hydrogen-bond acceptors (Lipinski definition) is 4. The molecule has 0 bridgehead atoms. The molecule has 2 aromatic rings. The normalized spacial score (nSPS) is 19.5. The molecule has 4 heteroatoms. The molecule has 1 saturated heterocycles. The lowest BCUT2D eigenvalue weighted by Crippen LogP contribution is -2.32. The molecule has 0 unspecified atom stereocenters. The van der Waals surface area contributed by atoms with E-state index in [1.807, 2.05) is 42.1 Å². The lowest BCUT2D eigenvalue weighted by atomic mass is 10.1. The van der Waals surface area contributed by atoms with Crippen molar-refractivity contribution in [1.29, 1.82) is 0 Å². The third kappa shape index (κ3) is 3.50. The van der Waals surface area contributed by atoms with Crippen LogP contribution in [0.2, 0.25) is 0 Å². The van der Waals surface area contributed by atoms with Gasteiger partial charge in [0.2, 0.25) is 5.78 Å². The first-order valence-corrected chi connectivity index (χ1v) is 8.40. The van der Waals surface area contributed by atoms with Crippen LogP contribution in [0.3, 0.4) is 0 Å². The zero-order valence-corrected chi connectivity index (χ0v) is 13.4. The number of Topliss-reactive ketones (excluding diaryl/α,β-unsaturated/α-hetero) is 1. The largest absolute Gasteiger partial charge is 0.453 e. The molecule has 3 rings (SSSR count). The second-order valence-electron chi connectivity index (χ2n) is 6.21. The van der Waals surface area contributed by atoms with Crippen molar-refractivity contribution in [2.75, 3.05) is 25.4 Å². The minimum atomic E-state index is 0.0795. The topological polar surface area (TPSA) is 33.5 Å². The fourth-order valence-electron chi connectivity index (χ4n) is 2.62. The van der Waals surface area contributed by atoms with Gasteiger partial charge in [0.05, 0.1) is 6.54 Å². The van der Waals surface area contributed by atoms with Gasteiger partial charge in [-0.2, -0.15) is 11.8 Å². The number of fused-ring (bicyclic) bond motifs is 1. The number of hydrogen-bond donors (Lipinski definition) is 0. The first-order valence-electron chi connectivity index (χ1n) is 7.42. The van der Waals surface area contributed by atoms with Crippen molar-refractivity contribution >= 4 is 28.5 Å². The number of para-hydroxylation sites is 1. The van der Waals surface area contributed by atoms with Crippen molar-refractivity contribution in [2.24, 2.45) is 0 Å². The SMILES string of the molecule is CC1(C)CCN(CC(=O)c2cc3ccccc3o2)CCS1. The van der Waals surface area contributed by atoms with Crippen LogP contribution in [0.1, 0.15) is 30.8 Å². The predicted octanol–water partition coefficient (Wildman–Crippen LogP) is 3.83. The Morgan fingerprint density at radius 3 is 2.95 bits per heavy atom. The summed E-state index contributed by atoms with van der Waals surface area (Å²) in [6.07, 6.45) is 1.12. The Morgan fingerprint density at radius 2 is 2.14 bits per heavy atom. The van der Waals surface area contributed by atoms with Gasteiger partial charge in [0.15, 0.2) is 5.76 Å². The summed E-state index contributed by atoms with van der Waals surface area (Å²) in [6, 6.07) is 9.61. The third-order valence-electron chi connectivity index (χ3n) is 4.00. The molecule has 1 aromatic heterocycles. The average Bonchev–Trinajstić information content (AvgIpc) is 2.81. The van der Waals surface area contributed by atoms with E-state index in [-0.39, 0.29) is 5.78 Å². The summed E-state index contributed by atoms with van der Waals surface area (Å²) in [5.41, 5.74) is 0.786. The standard InChI is InChI=1S/C17H21NO2S/c1-17(2)7-8-18(9-10-21-17)12-14(19)16-11-13-5-3-4-6-15(13)20-16/h3-6,11H,7-10,12H2,1-2H3. The van der Waals surface area contributed by atoms with E-state index < -0.39 is 0 Å². The van der Waals surface area contributed by atoms with Gasteiger partial charge in [-0.25, -0.2) is 0 Å². The zero-order valence-electron chi connectivity index (χ0n) is 12.6. The fraction of sp³-hybridized carbons (Fsp3) is 0.471. The van der Waals surface area contributed by atoms with Gasteiger partial charge >= 0.3 is 0 Å². The van der Waals surface area contributed by atoms with Crippen LogP contribution < -0.4 is 0 Å². The molecular weight excluding hydrogens is 282 g/mol. The Kier molecular flexibility index (Phi) is 4.09. The number of carbonyl (C=O) groups excluding carboxylic acids is 1. The quantitative estimate of drug-likeness (QED) is 0.807. The van der Waals surface area contributed by atoms with Crippen LogP contribution in [0, 0.1) is 0 Å². The summed E-state index contributed by atoms with van der Waals surface area (Å²) >= 11 is 2.00. The van der Waals surface area contributed by atoms with Crippen molar-refractivity contribution in [2.45, 2.75) is 25.0 Å². The first kappa shape index (κ1) is 14.7. The predicted molar refractivity (Wildman–Crippen MR) is 88.1 cm³/mol. The van der Waals surface area contributed by atoms with E-state index >= 15 is 0 Å². The van der Waals surface area contributed by atoms with Gasteiger partial charge in [-0.15, -0.1) is 0 Å². The van der Waals surface area contributed by atoms with Crippen molar-refractivity contribution in [3.63, 3.8) is 0 Å².